The Morgan fingerprint density at radius 1 is 1.33 bits per heavy atom. The first-order chi connectivity index (χ1) is 11.5. The van der Waals surface area contributed by atoms with Crippen LogP contribution in [-0.4, -0.2) is 10.9 Å². The van der Waals surface area contributed by atoms with Crippen molar-refractivity contribution in [3.05, 3.63) is 58.4 Å². The average Bonchev–Trinajstić information content (AvgIpc) is 2.89. The fourth-order valence-electron chi connectivity index (χ4n) is 3.82. The highest BCUT2D eigenvalue weighted by molar-refractivity contribution is 6.33. The summed E-state index contributed by atoms with van der Waals surface area (Å²) in [5, 5.41) is 3.29. The van der Waals surface area contributed by atoms with Crippen molar-refractivity contribution in [1.29, 1.82) is 0 Å². The van der Waals surface area contributed by atoms with Crippen LogP contribution in [0.2, 0.25) is 5.15 Å². The molecule has 1 aliphatic rings. The number of hydrogen-bond donors (Lipinski definition) is 1. The van der Waals surface area contributed by atoms with E-state index in [1.807, 2.05) is 12.1 Å². The highest BCUT2D eigenvalue weighted by Crippen LogP contribution is 2.51. The standard InChI is InChI=1S/C20H23ClN2O/c1-4-13-12-20(3,5-2)15-9-6-10-16(17(13)15)23-19(24)14-8-7-11-22-18(14)21/h6-11,13H,4-5,12H2,1-3H3,(H,23,24). The summed E-state index contributed by atoms with van der Waals surface area (Å²) in [4.78, 5) is 16.6. The Morgan fingerprint density at radius 2 is 2.12 bits per heavy atom. The van der Waals surface area contributed by atoms with E-state index in [2.05, 4.69) is 37.1 Å². The third-order valence-electron chi connectivity index (χ3n) is 5.39. The van der Waals surface area contributed by atoms with Gasteiger partial charge >= 0.3 is 0 Å². The van der Waals surface area contributed by atoms with Crippen molar-refractivity contribution in [2.75, 3.05) is 5.32 Å². The molecule has 1 aromatic carbocycles. The maximum absolute atomic E-state index is 12.6. The van der Waals surface area contributed by atoms with Gasteiger partial charge in [-0.25, -0.2) is 4.98 Å². The van der Waals surface area contributed by atoms with Crippen molar-refractivity contribution in [3.63, 3.8) is 0 Å². The molecular formula is C20H23ClN2O. The smallest absolute Gasteiger partial charge is 0.258 e. The molecule has 2 aromatic rings. The molecule has 2 atom stereocenters. The lowest BCUT2D eigenvalue weighted by molar-refractivity contribution is 0.102. The minimum absolute atomic E-state index is 0.183. The maximum atomic E-state index is 12.6. The fourth-order valence-corrected chi connectivity index (χ4v) is 4.03. The van der Waals surface area contributed by atoms with Crippen LogP contribution in [0.25, 0.3) is 0 Å². The Balaban J connectivity index is 1.99. The van der Waals surface area contributed by atoms with Gasteiger partial charge in [0, 0.05) is 11.9 Å². The van der Waals surface area contributed by atoms with E-state index in [0.29, 0.717) is 11.5 Å². The number of nitrogens with zero attached hydrogens (tertiary/aromatic N) is 1. The van der Waals surface area contributed by atoms with Crippen molar-refractivity contribution in [2.24, 2.45) is 0 Å². The molecule has 4 heteroatoms. The lowest BCUT2D eigenvalue weighted by Gasteiger charge is -2.24. The van der Waals surface area contributed by atoms with Crippen LogP contribution >= 0.6 is 11.6 Å². The molecule has 1 N–H and O–H groups in total. The van der Waals surface area contributed by atoms with Crippen LogP contribution in [0.15, 0.2) is 36.5 Å². The molecule has 0 saturated carbocycles. The molecule has 1 heterocycles. The van der Waals surface area contributed by atoms with E-state index < -0.39 is 0 Å². The van der Waals surface area contributed by atoms with Gasteiger partial charge in [0.2, 0.25) is 0 Å². The van der Waals surface area contributed by atoms with Crippen LogP contribution in [0.1, 0.15) is 67.4 Å². The van der Waals surface area contributed by atoms with E-state index in [9.17, 15) is 4.79 Å². The number of fused-ring (bicyclic) bond motifs is 1. The van der Waals surface area contributed by atoms with Gasteiger partial charge in [-0.05, 0) is 59.9 Å². The molecule has 1 aromatic heterocycles. The van der Waals surface area contributed by atoms with Gasteiger partial charge in [-0.3, -0.25) is 4.79 Å². The lowest BCUT2D eigenvalue weighted by Crippen LogP contribution is -2.17. The van der Waals surface area contributed by atoms with Crippen LogP contribution in [0.5, 0.6) is 0 Å². The Labute approximate surface area is 148 Å². The number of carbonyl (C=O) groups excluding carboxylic acids is 1. The van der Waals surface area contributed by atoms with E-state index in [-0.39, 0.29) is 16.5 Å². The van der Waals surface area contributed by atoms with Crippen LogP contribution < -0.4 is 5.32 Å². The SMILES string of the molecule is CCC1CC(C)(CC)c2cccc(NC(=O)c3cccnc3Cl)c21. The van der Waals surface area contributed by atoms with Gasteiger partial charge in [-0.15, -0.1) is 0 Å². The van der Waals surface area contributed by atoms with E-state index in [1.54, 1.807) is 18.3 Å². The molecule has 1 aliphatic carbocycles. The highest BCUT2D eigenvalue weighted by atomic mass is 35.5. The zero-order valence-electron chi connectivity index (χ0n) is 14.4. The third kappa shape index (κ3) is 2.82. The van der Waals surface area contributed by atoms with Crippen molar-refractivity contribution in [2.45, 2.75) is 51.4 Å². The molecule has 0 spiro atoms. The number of anilines is 1. The van der Waals surface area contributed by atoms with Gasteiger partial charge in [0.15, 0.2) is 0 Å². The minimum atomic E-state index is -0.207. The zero-order valence-corrected chi connectivity index (χ0v) is 15.2. The zero-order chi connectivity index (χ0) is 17.3. The summed E-state index contributed by atoms with van der Waals surface area (Å²) in [7, 11) is 0. The molecule has 3 nitrogen and oxygen atoms in total. The number of rotatable bonds is 4. The van der Waals surface area contributed by atoms with Crippen LogP contribution in [-0.2, 0) is 5.41 Å². The van der Waals surface area contributed by atoms with Crippen molar-refractivity contribution < 1.29 is 4.79 Å². The Morgan fingerprint density at radius 3 is 2.79 bits per heavy atom. The van der Waals surface area contributed by atoms with Crippen LogP contribution in [0, 0.1) is 0 Å². The van der Waals surface area contributed by atoms with Gasteiger partial charge in [0.1, 0.15) is 5.15 Å². The normalized spacial score (nSPS) is 22.2. The first-order valence-corrected chi connectivity index (χ1v) is 8.93. The molecule has 0 bridgehead atoms. The van der Waals surface area contributed by atoms with E-state index in [0.717, 1.165) is 24.9 Å². The summed E-state index contributed by atoms with van der Waals surface area (Å²) in [6.45, 7) is 6.78. The molecular weight excluding hydrogens is 320 g/mol. The second-order valence-electron chi connectivity index (χ2n) is 6.79. The Kier molecular flexibility index (Phi) is 4.64. The fraction of sp³-hybridized carbons (Fsp3) is 0.400. The lowest BCUT2D eigenvalue weighted by atomic mass is 9.81. The predicted octanol–water partition coefficient (Wildman–Crippen LogP) is 5.55. The molecule has 0 radical (unpaired) electrons. The van der Waals surface area contributed by atoms with E-state index in [1.165, 1.54) is 11.1 Å². The minimum Gasteiger partial charge on any atom is -0.322 e. The number of pyridine rings is 1. The summed E-state index contributed by atoms with van der Waals surface area (Å²) >= 11 is 6.05. The summed E-state index contributed by atoms with van der Waals surface area (Å²) in [5.41, 5.74) is 4.15. The molecule has 3 rings (SSSR count). The van der Waals surface area contributed by atoms with Crippen molar-refractivity contribution >= 4 is 23.2 Å². The Hall–Kier alpha value is -1.87. The number of amides is 1. The third-order valence-corrected chi connectivity index (χ3v) is 5.69. The number of carbonyl (C=O) groups is 1. The quantitative estimate of drug-likeness (QED) is 0.740. The molecule has 0 aliphatic heterocycles. The van der Waals surface area contributed by atoms with Gasteiger partial charge in [-0.1, -0.05) is 44.5 Å². The van der Waals surface area contributed by atoms with Gasteiger partial charge in [0.05, 0.1) is 5.56 Å². The molecule has 1 amide bonds. The number of nitrogens with one attached hydrogen (secondary N) is 1. The topological polar surface area (TPSA) is 42.0 Å². The van der Waals surface area contributed by atoms with Crippen LogP contribution in [0.3, 0.4) is 0 Å². The van der Waals surface area contributed by atoms with E-state index >= 15 is 0 Å². The number of hydrogen-bond acceptors (Lipinski definition) is 2. The Bertz CT molecular complexity index is 774. The summed E-state index contributed by atoms with van der Waals surface area (Å²) < 4.78 is 0. The van der Waals surface area contributed by atoms with Crippen molar-refractivity contribution in [3.8, 4) is 0 Å². The molecule has 126 valence electrons. The number of aromatic nitrogens is 1. The second kappa shape index (κ2) is 6.56. The first kappa shape index (κ1) is 17.0. The summed E-state index contributed by atoms with van der Waals surface area (Å²) in [6.07, 6.45) is 4.89. The van der Waals surface area contributed by atoms with Crippen molar-refractivity contribution in [1.82, 2.24) is 4.98 Å². The predicted molar refractivity (Wildman–Crippen MR) is 98.9 cm³/mol. The van der Waals surface area contributed by atoms with Gasteiger partial charge < -0.3 is 5.32 Å². The number of benzene rings is 1. The molecule has 24 heavy (non-hydrogen) atoms. The number of halogens is 1. The summed E-state index contributed by atoms with van der Waals surface area (Å²) in [5.74, 6) is 0.271. The summed E-state index contributed by atoms with van der Waals surface area (Å²) in [6, 6.07) is 9.65. The maximum Gasteiger partial charge on any atom is 0.258 e. The van der Waals surface area contributed by atoms with Crippen LogP contribution in [0.4, 0.5) is 5.69 Å². The first-order valence-electron chi connectivity index (χ1n) is 8.55. The molecule has 0 saturated heterocycles. The largest absolute Gasteiger partial charge is 0.322 e. The molecule has 0 fully saturated rings. The highest BCUT2D eigenvalue weighted by Gasteiger charge is 2.39. The monoisotopic (exact) mass is 342 g/mol. The van der Waals surface area contributed by atoms with E-state index in [4.69, 9.17) is 11.6 Å². The van der Waals surface area contributed by atoms with Gasteiger partial charge in [0.25, 0.3) is 5.91 Å². The average molecular weight is 343 g/mol. The molecule has 2 unspecified atom stereocenters. The second-order valence-corrected chi connectivity index (χ2v) is 7.14. The van der Waals surface area contributed by atoms with Gasteiger partial charge in [-0.2, -0.15) is 0 Å².